The molecule has 1 aromatic heterocycles. The molecule has 0 amide bonds. The van der Waals surface area contributed by atoms with E-state index in [4.69, 9.17) is 4.74 Å². The highest BCUT2D eigenvalue weighted by Gasteiger charge is 2.31. The van der Waals surface area contributed by atoms with Crippen molar-refractivity contribution < 1.29 is 17.9 Å². The fraction of sp³-hybridized carbons (Fsp3) is 0.333. The fourth-order valence-electron chi connectivity index (χ4n) is 3.44. The smallest absolute Gasteiger partial charge is 0.350 e. The van der Waals surface area contributed by atoms with Gasteiger partial charge < -0.3 is 9.64 Å². The summed E-state index contributed by atoms with van der Waals surface area (Å²) in [6, 6.07) is 13.5. The molecular formula is C21H21F3N4O. The van der Waals surface area contributed by atoms with E-state index in [9.17, 15) is 13.2 Å². The first-order valence-corrected chi connectivity index (χ1v) is 9.47. The van der Waals surface area contributed by atoms with Crippen LogP contribution in [-0.4, -0.2) is 28.1 Å². The van der Waals surface area contributed by atoms with Crippen LogP contribution >= 0.6 is 0 Å². The average molecular weight is 402 g/mol. The predicted octanol–water partition coefficient (Wildman–Crippen LogP) is 4.44. The molecule has 0 spiro atoms. The van der Waals surface area contributed by atoms with E-state index in [-0.39, 0.29) is 12.8 Å². The summed E-state index contributed by atoms with van der Waals surface area (Å²) >= 11 is 0. The normalized spacial score (nSPS) is 17.1. The molecule has 4 rings (SSSR count). The molecule has 1 aliphatic rings. The molecule has 8 heteroatoms. The van der Waals surface area contributed by atoms with Crippen LogP contribution in [-0.2, 0) is 23.9 Å². The second-order valence-electron chi connectivity index (χ2n) is 6.98. The maximum absolute atomic E-state index is 12.9. The third kappa shape index (κ3) is 4.27. The van der Waals surface area contributed by atoms with Crippen LogP contribution in [0.25, 0.3) is 0 Å². The number of aryl methyl sites for hydroxylation is 1. The van der Waals surface area contributed by atoms with Crippen LogP contribution in [0.3, 0.4) is 0 Å². The lowest BCUT2D eigenvalue weighted by Crippen LogP contribution is -2.23. The van der Waals surface area contributed by atoms with E-state index >= 15 is 0 Å². The van der Waals surface area contributed by atoms with Crippen molar-refractivity contribution in [2.75, 3.05) is 18.1 Å². The van der Waals surface area contributed by atoms with Crippen molar-refractivity contribution in [3.8, 4) is 0 Å². The fourth-order valence-corrected chi connectivity index (χ4v) is 3.44. The lowest BCUT2D eigenvalue weighted by molar-refractivity contribution is -0.137. The Bertz CT molecular complexity index is 969. The first-order chi connectivity index (χ1) is 13.9. The highest BCUT2D eigenvalue weighted by molar-refractivity contribution is 5.49. The summed E-state index contributed by atoms with van der Waals surface area (Å²) in [5.41, 5.74) is 2.77. The van der Waals surface area contributed by atoms with Gasteiger partial charge in [0.2, 0.25) is 0 Å². The van der Waals surface area contributed by atoms with Gasteiger partial charge in [0.25, 0.3) is 0 Å². The van der Waals surface area contributed by atoms with Crippen LogP contribution in [0.5, 0.6) is 0 Å². The Balaban J connectivity index is 1.51. The average Bonchev–Trinajstić information content (AvgIpc) is 3.37. The molecule has 0 aliphatic carbocycles. The molecule has 1 unspecified atom stereocenters. The van der Waals surface area contributed by atoms with E-state index in [1.165, 1.54) is 16.3 Å². The van der Waals surface area contributed by atoms with E-state index in [1.807, 2.05) is 0 Å². The lowest BCUT2D eigenvalue weighted by atomic mass is 10.1. The summed E-state index contributed by atoms with van der Waals surface area (Å²) in [7, 11) is 0. The zero-order valence-corrected chi connectivity index (χ0v) is 15.9. The van der Waals surface area contributed by atoms with Crippen LogP contribution < -0.4 is 4.90 Å². The van der Waals surface area contributed by atoms with Gasteiger partial charge in [0, 0.05) is 12.2 Å². The number of hydrogen-bond donors (Lipinski definition) is 0. The van der Waals surface area contributed by atoms with E-state index in [0.29, 0.717) is 17.9 Å². The van der Waals surface area contributed by atoms with Gasteiger partial charge >= 0.3 is 6.18 Å². The second-order valence-corrected chi connectivity index (χ2v) is 6.98. The Morgan fingerprint density at radius 2 is 1.90 bits per heavy atom. The minimum Gasteiger partial charge on any atom is -0.350 e. The van der Waals surface area contributed by atoms with Gasteiger partial charge in [-0.25, -0.2) is 4.68 Å². The Hall–Kier alpha value is -2.87. The minimum atomic E-state index is -4.37. The van der Waals surface area contributed by atoms with E-state index in [2.05, 4.69) is 46.4 Å². The maximum Gasteiger partial charge on any atom is 0.416 e. The first-order valence-electron chi connectivity index (χ1n) is 9.47. The molecule has 1 atom stereocenters. The number of ether oxygens (including phenoxy) is 1. The number of rotatable bonds is 5. The third-order valence-corrected chi connectivity index (χ3v) is 4.98. The molecular weight excluding hydrogens is 381 g/mol. The Labute approximate surface area is 166 Å². The highest BCUT2D eigenvalue weighted by Crippen LogP contribution is 2.32. The van der Waals surface area contributed by atoms with E-state index in [0.717, 1.165) is 30.8 Å². The van der Waals surface area contributed by atoms with Crippen molar-refractivity contribution in [3.05, 3.63) is 77.1 Å². The summed E-state index contributed by atoms with van der Waals surface area (Å²) in [6.45, 7) is 3.62. The van der Waals surface area contributed by atoms with Gasteiger partial charge in [-0.3, -0.25) is 0 Å². The standard InChI is InChI=1S/C21H21F3N4O/c1-2-15-6-8-18(9-7-15)28-10-11-29-20(28)19-14-27(26-25-19)13-16-4-3-5-17(12-16)21(22,23)24/h3-9,12,14,20H,2,10-11,13H2,1H3. The molecule has 2 heterocycles. The van der Waals surface area contributed by atoms with E-state index < -0.39 is 11.7 Å². The molecule has 152 valence electrons. The molecule has 1 aliphatic heterocycles. The molecule has 0 N–H and O–H groups in total. The molecule has 0 saturated carbocycles. The number of aromatic nitrogens is 3. The van der Waals surface area contributed by atoms with Gasteiger partial charge in [0.1, 0.15) is 5.69 Å². The molecule has 1 fully saturated rings. The van der Waals surface area contributed by atoms with E-state index in [1.54, 1.807) is 12.3 Å². The van der Waals surface area contributed by atoms with Gasteiger partial charge in [-0.05, 0) is 41.8 Å². The van der Waals surface area contributed by atoms with Crippen molar-refractivity contribution in [1.29, 1.82) is 0 Å². The van der Waals surface area contributed by atoms with Gasteiger partial charge in [-0.2, -0.15) is 13.2 Å². The minimum absolute atomic E-state index is 0.203. The molecule has 1 saturated heterocycles. The molecule has 2 aromatic carbocycles. The quantitative estimate of drug-likeness (QED) is 0.633. The summed E-state index contributed by atoms with van der Waals surface area (Å²) in [5.74, 6) is 0. The molecule has 0 bridgehead atoms. The van der Waals surface area contributed by atoms with Gasteiger partial charge in [-0.1, -0.05) is 36.4 Å². The maximum atomic E-state index is 12.9. The number of alkyl halides is 3. The zero-order chi connectivity index (χ0) is 20.4. The van der Waals surface area contributed by atoms with Crippen molar-refractivity contribution in [2.24, 2.45) is 0 Å². The predicted molar refractivity (Wildman–Crippen MR) is 102 cm³/mol. The summed E-state index contributed by atoms with van der Waals surface area (Å²) in [4.78, 5) is 2.11. The Morgan fingerprint density at radius 3 is 2.62 bits per heavy atom. The molecule has 3 aromatic rings. The SMILES string of the molecule is CCc1ccc(N2CCOC2c2cn(Cc3cccc(C(F)(F)F)c3)nn2)cc1. The largest absolute Gasteiger partial charge is 0.416 e. The summed E-state index contributed by atoms with van der Waals surface area (Å²) in [5, 5.41) is 8.28. The van der Waals surface area contributed by atoms with Gasteiger partial charge in [-0.15, -0.1) is 5.10 Å². The monoisotopic (exact) mass is 402 g/mol. The molecule has 5 nitrogen and oxygen atoms in total. The number of benzene rings is 2. The van der Waals surface area contributed by atoms with Crippen LogP contribution in [0.1, 0.15) is 35.5 Å². The van der Waals surface area contributed by atoms with Crippen LogP contribution in [0.4, 0.5) is 18.9 Å². The first kappa shape index (κ1) is 19.4. The van der Waals surface area contributed by atoms with Crippen LogP contribution in [0.2, 0.25) is 0 Å². The third-order valence-electron chi connectivity index (χ3n) is 4.98. The zero-order valence-electron chi connectivity index (χ0n) is 15.9. The Morgan fingerprint density at radius 1 is 1.10 bits per heavy atom. The topological polar surface area (TPSA) is 43.2 Å². The van der Waals surface area contributed by atoms with Crippen molar-refractivity contribution >= 4 is 5.69 Å². The van der Waals surface area contributed by atoms with Crippen molar-refractivity contribution in [3.63, 3.8) is 0 Å². The van der Waals surface area contributed by atoms with Crippen LogP contribution in [0, 0.1) is 0 Å². The van der Waals surface area contributed by atoms with Crippen molar-refractivity contribution in [2.45, 2.75) is 32.3 Å². The summed E-state index contributed by atoms with van der Waals surface area (Å²) in [6.07, 6.45) is -2.03. The number of nitrogens with zero attached hydrogens (tertiary/aromatic N) is 4. The Kier molecular flexibility index (Phi) is 5.27. The molecule has 0 radical (unpaired) electrons. The van der Waals surface area contributed by atoms with Crippen molar-refractivity contribution in [1.82, 2.24) is 15.0 Å². The van der Waals surface area contributed by atoms with Gasteiger partial charge in [0.15, 0.2) is 6.23 Å². The number of hydrogen-bond acceptors (Lipinski definition) is 4. The summed E-state index contributed by atoms with van der Waals surface area (Å²) < 4.78 is 46.1. The highest BCUT2D eigenvalue weighted by atomic mass is 19.4. The molecule has 29 heavy (non-hydrogen) atoms. The second kappa shape index (κ2) is 7.87. The lowest BCUT2D eigenvalue weighted by Gasteiger charge is -2.23. The number of anilines is 1. The van der Waals surface area contributed by atoms with Gasteiger partial charge in [0.05, 0.1) is 24.9 Å². The van der Waals surface area contributed by atoms with Crippen LogP contribution in [0.15, 0.2) is 54.7 Å². The number of halogens is 3.